The number of halogens is 6. The molecule has 0 aliphatic heterocycles. The summed E-state index contributed by atoms with van der Waals surface area (Å²) in [5.74, 6) is 8.89. The normalized spacial score (nSPS) is 19.9. The van der Waals surface area contributed by atoms with Crippen molar-refractivity contribution in [2.45, 2.75) is 191 Å². The summed E-state index contributed by atoms with van der Waals surface area (Å²) in [4.78, 5) is 35.3. The number of nitriles is 6. The highest BCUT2D eigenvalue weighted by Crippen LogP contribution is 2.50. The van der Waals surface area contributed by atoms with E-state index in [1.807, 2.05) is 50.2 Å². The van der Waals surface area contributed by atoms with Gasteiger partial charge in [-0.25, -0.2) is 44.3 Å². The van der Waals surface area contributed by atoms with Gasteiger partial charge in [0, 0.05) is 40.7 Å². The summed E-state index contributed by atoms with van der Waals surface area (Å²) in [7, 11) is 0. The molecule has 0 unspecified atom stereocenters. The van der Waals surface area contributed by atoms with E-state index in [4.69, 9.17) is 23.4 Å². The van der Waals surface area contributed by atoms with Crippen LogP contribution in [0.3, 0.4) is 0 Å². The largest absolute Gasteiger partial charge is 0.573 e. The van der Waals surface area contributed by atoms with Gasteiger partial charge in [-0.1, -0.05) is 105 Å². The molecule has 4 saturated carbocycles. The number of aliphatic hydroxyl groups excluding tert-OH is 2. The molecular weight excluding hydrogens is 1650 g/mol. The standard InChI is InChI=1S/C25H28F3N5O.C24H28BrN5.C22H23BrN4O.C22H23FN4O/c1-16-4-5-18(12-24(16,2)3)10-21-20(14-30)15-32-23(33-21)31-9-8-17-6-7-19(13-29)22(11-17)34-25(26,27)28;1-16-4-5-18(12-24(16,2)3)11-22-20(14-27)15-29-23(30-22)28-9-8-17-6-7-19(13-26)21(25)10-17;2*1-4-15-6-5-14(9-18(15)23)7-8-25-21-26-13-16(12-24)19(27-21)10-17-11-20(28)22(17,2)3/h6-7,11,15-16,18H,4-5,8-10,12H2,1-3H3,(H,31,32,33);6-7,10,15-16,18H,4-5,8-9,11-12H2,1-3H3,(H,28,29,30);2*1,5-6,9,13,17,20,28H,7-8,10-11H2,2-3H3,(H,25,26,27)/t2*16-,18-;2*17-,20+/m0011/s1. The van der Waals surface area contributed by atoms with Crippen LogP contribution in [0.4, 0.5) is 41.4 Å². The van der Waals surface area contributed by atoms with Gasteiger partial charge in [0.1, 0.15) is 48.0 Å². The average Bonchev–Trinajstić information content (AvgIpc) is 0.770. The molecule has 4 heterocycles. The molecular formula is C93H102Br2F4N18O3. The number of hydrogen-bond donors (Lipinski definition) is 6. The number of aliphatic hydroxyl groups is 2. The van der Waals surface area contributed by atoms with Gasteiger partial charge in [0.2, 0.25) is 23.8 Å². The molecule has 21 nitrogen and oxygen atoms in total. The van der Waals surface area contributed by atoms with Crippen molar-refractivity contribution < 1.29 is 32.5 Å². The van der Waals surface area contributed by atoms with Crippen LogP contribution in [0.1, 0.15) is 210 Å². The Hall–Kier alpha value is -11.1. The number of anilines is 4. The minimum Gasteiger partial charge on any atom is -0.404 e. The van der Waals surface area contributed by atoms with E-state index >= 15 is 0 Å². The first kappa shape index (κ1) is 92.7. The van der Waals surface area contributed by atoms with Crippen LogP contribution in [-0.4, -0.2) is 94.8 Å². The fourth-order valence-corrected chi connectivity index (χ4v) is 16.7. The second-order valence-corrected chi connectivity index (χ2v) is 35.8. The van der Waals surface area contributed by atoms with E-state index in [1.165, 1.54) is 49.9 Å². The van der Waals surface area contributed by atoms with Gasteiger partial charge in [-0.3, -0.25) is 0 Å². The first-order chi connectivity index (χ1) is 57.0. The molecule has 12 rings (SSSR count). The number of hydrogen-bond acceptors (Lipinski definition) is 21. The van der Waals surface area contributed by atoms with Crippen molar-refractivity contribution in [1.82, 2.24) is 39.9 Å². The average molecular weight is 1760 g/mol. The van der Waals surface area contributed by atoms with Crippen molar-refractivity contribution in [3.8, 4) is 66.9 Å². The molecule has 27 heteroatoms. The zero-order chi connectivity index (χ0) is 87.3. The van der Waals surface area contributed by atoms with Crippen molar-refractivity contribution in [2.24, 2.45) is 57.2 Å². The lowest BCUT2D eigenvalue weighted by Crippen LogP contribution is -2.50. The first-order valence-corrected chi connectivity index (χ1v) is 41.9. The molecule has 4 fully saturated rings. The highest BCUT2D eigenvalue weighted by atomic mass is 79.9. The van der Waals surface area contributed by atoms with Crippen LogP contribution in [0.15, 0.2) is 107 Å². The van der Waals surface area contributed by atoms with Crippen LogP contribution in [-0.2, 0) is 51.4 Å². The summed E-state index contributed by atoms with van der Waals surface area (Å²) >= 11 is 6.91. The summed E-state index contributed by atoms with van der Waals surface area (Å²) < 4.78 is 57.3. The summed E-state index contributed by atoms with van der Waals surface area (Å²) in [6.07, 6.45) is 25.2. The lowest BCUT2D eigenvalue weighted by molar-refractivity contribution is -0.274. The molecule has 4 aliphatic rings. The number of nitrogens with one attached hydrogen (secondary N) is 4. The molecule has 0 radical (unpaired) electrons. The summed E-state index contributed by atoms with van der Waals surface area (Å²) in [6.45, 7) is 24.3. The zero-order valence-corrected chi connectivity index (χ0v) is 72.7. The Morgan fingerprint density at radius 3 is 1.07 bits per heavy atom. The van der Waals surface area contributed by atoms with Gasteiger partial charge < -0.3 is 36.2 Å². The molecule has 6 N–H and O–H groups in total. The van der Waals surface area contributed by atoms with Crippen LogP contribution in [0, 0.1) is 156 Å². The molecule has 8 aromatic rings. The number of benzene rings is 4. The van der Waals surface area contributed by atoms with Crippen molar-refractivity contribution in [3.63, 3.8) is 0 Å². The third-order valence-electron chi connectivity index (χ3n) is 24.7. The molecule has 0 bridgehead atoms. The Morgan fingerprint density at radius 2 is 0.767 bits per heavy atom. The van der Waals surface area contributed by atoms with Gasteiger partial charge in [0.15, 0.2) is 0 Å². The van der Waals surface area contributed by atoms with Crippen molar-refractivity contribution in [1.29, 1.82) is 31.6 Å². The van der Waals surface area contributed by atoms with Crippen molar-refractivity contribution in [3.05, 3.63) is 202 Å². The van der Waals surface area contributed by atoms with Gasteiger partial charge in [0.05, 0.1) is 98.7 Å². The van der Waals surface area contributed by atoms with E-state index in [2.05, 4.69) is 195 Å². The predicted octanol–water partition coefficient (Wildman–Crippen LogP) is 18.2. The van der Waals surface area contributed by atoms with E-state index in [9.17, 15) is 48.8 Å². The quantitative estimate of drug-likeness (QED) is 0.0229. The lowest BCUT2D eigenvalue weighted by atomic mass is 9.58. The maximum atomic E-state index is 13.8. The van der Waals surface area contributed by atoms with Gasteiger partial charge in [-0.05, 0) is 263 Å². The number of nitrogens with zero attached hydrogens (tertiary/aromatic N) is 14. The molecule has 0 saturated heterocycles. The summed E-state index contributed by atoms with van der Waals surface area (Å²) in [5, 5.41) is 88.4. The number of rotatable bonds is 25. The predicted molar refractivity (Wildman–Crippen MR) is 460 cm³/mol. The third kappa shape index (κ3) is 25.2. The van der Waals surface area contributed by atoms with Crippen molar-refractivity contribution >= 4 is 55.7 Å². The Morgan fingerprint density at radius 1 is 0.450 bits per heavy atom. The van der Waals surface area contributed by atoms with Crippen LogP contribution in [0.25, 0.3) is 0 Å². The lowest BCUT2D eigenvalue weighted by Gasteiger charge is -2.49. The van der Waals surface area contributed by atoms with Crippen molar-refractivity contribution in [2.75, 3.05) is 47.4 Å². The molecule has 0 amide bonds. The Bertz CT molecular complexity index is 5150. The number of aromatic nitrogens is 8. The molecule has 4 aromatic heterocycles. The van der Waals surface area contributed by atoms with Crippen LogP contribution in [0.2, 0.25) is 0 Å². The molecule has 0 spiro atoms. The molecule has 120 heavy (non-hydrogen) atoms. The molecule has 8 atom stereocenters. The maximum Gasteiger partial charge on any atom is 0.573 e. The van der Waals surface area contributed by atoms with Gasteiger partial charge in [-0.15, -0.1) is 26.0 Å². The van der Waals surface area contributed by atoms with E-state index in [-0.39, 0.29) is 45.5 Å². The topological polar surface area (TPSA) is 344 Å². The summed E-state index contributed by atoms with van der Waals surface area (Å²) in [6, 6.07) is 33.2. The fraction of sp³-hybridized carbons (Fsp3) is 0.462. The first-order valence-electron chi connectivity index (χ1n) is 40.4. The summed E-state index contributed by atoms with van der Waals surface area (Å²) in [5.41, 5.74) is 10.4. The van der Waals surface area contributed by atoms with Crippen LogP contribution < -0.4 is 26.0 Å². The second-order valence-electron chi connectivity index (χ2n) is 34.1. The highest BCUT2D eigenvalue weighted by Gasteiger charge is 2.48. The van der Waals surface area contributed by atoms with E-state index in [0.717, 1.165) is 99.1 Å². The zero-order valence-electron chi connectivity index (χ0n) is 69.5. The van der Waals surface area contributed by atoms with Gasteiger partial charge in [-0.2, -0.15) is 31.6 Å². The molecule has 624 valence electrons. The fourth-order valence-electron chi connectivity index (χ4n) is 15.7. The molecule has 4 aromatic carbocycles. The van der Waals surface area contributed by atoms with Gasteiger partial charge >= 0.3 is 6.36 Å². The highest BCUT2D eigenvalue weighted by molar-refractivity contribution is 9.10. The second kappa shape index (κ2) is 41.7. The van der Waals surface area contributed by atoms with E-state index in [1.54, 1.807) is 36.7 Å². The van der Waals surface area contributed by atoms with Crippen LogP contribution in [0.5, 0.6) is 5.75 Å². The third-order valence-corrected chi connectivity index (χ3v) is 26.0. The Balaban J connectivity index is 0.000000183. The molecule has 4 aliphatic carbocycles. The maximum absolute atomic E-state index is 13.8. The minimum absolute atomic E-state index is 0.150. The number of alkyl halides is 3. The SMILES string of the molecule is C#Cc1ccc(CCNc2ncc(C#N)c(C[C@@H]3C[C@H](O)C3(C)C)n2)cc1Br.C#Cc1ccc(CCNc2ncc(C#N)c(C[C@@H]3C[C@H](O)C3(C)C)n2)cc1F.C[C@H]1CC[C@@H](Cc2nc(NCCc3ccc(C#N)c(Br)c3)ncc2C#N)CC1(C)C.C[C@H]1CC[C@@H](Cc2nc(NCCc3ccc(C#N)c(OC(F)(F)F)c3)ncc2C#N)CC1(C)C. The monoisotopic (exact) mass is 1750 g/mol. The van der Waals surface area contributed by atoms with Gasteiger partial charge in [0.25, 0.3) is 0 Å². The number of ether oxygens (including phenoxy) is 1. The smallest absolute Gasteiger partial charge is 0.404 e. The number of terminal acetylenes is 2. The van der Waals surface area contributed by atoms with E-state index < -0.39 is 17.9 Å². The van der Waals surface area contributed by atoms with E-state index in [0.29, 0.717) is 157 Å². The Labute approximate surface area is 719 Å². The Kier molecular flexibility index (Phi) is 32.2. The van der Waals surface area contributed by atoms with Crippen LogP contribution >= 0.6 is 31.9 Å². The minimum atomic E-state index is -4.87.